The van der Waals surface area contributed by atoms with E-state index in [1.165, 1.54) is 138 Å². The van der Waals surface area contributed by atoms with E-state index in [1.54, 1.807) is 0 Å². The van der Waals surface area contributed by atoms with Gasteiger partial charge in [-0.1, -0.05) is 156 Å². The normalized spacial score (nSPS) is 18.2. The van der Waals surface area contributed by atoms with Crippen molar-refractivity contribution >= 4 is 105 Å². The van der Waals surface area contributed by atoms with Gasteiger partial charge in [0, 0.05) is 75.3 Å². The molecule has 15 rings (SSSR count). The van der Waals surface area contributed by atoms with Gasteiger partial charge in [0.2, 0.25) is 0 Å². The Morgan fingerprint density at radius 3 is 1.84 bits per heavy atom. The van der Waals surface area contributed by atoms with Gasteiger partial charge in [-0.05, 0) is 175 Å². The van der Waals surface area contributed by atoms with Crippen LogP contribution in [0.1, 0.15) is 155 Å². The van der Waals surface area contributed by atoms with Crippen molar-refractivity contribution in [3.05, 3.63) is 160 Å². The zero-order valence-corrected chi connectivity index (χ0v) is 47.7. The molecule has 4 aliphatic rings. The molecule has 1 N–H and O–H groups in total. The minimum Gasteiger partial charge on any atom is -0.456 e. The predicted octanol–water partition coefficient (Wildman–Crippen LogP) is 18.5. The Bertz CT molecular complexity index is 4400. The van der Waals surface area contributed by atoms with Crippen molar-refractivity contribution in [2.24, 2.45) is 0 Å². The van der Waals surface area contributed by atoms with E-state index in [2.05, 4.69) is 221 Å². The van der Waals surface area contributed by atoms with E-state index in [9.17, 15) is 0 Å². The molecule has 0 fully saturated rings. The van der Waals surface area contributed by atoms with Gasteiger partial charge in [-0.15, -0.1) is 11.3 Å². The highest BCUT2D eigenvalue weighted by atomic mass is 32.1. The highest BCUT2D eigenvalue weighted by molar-refractivity contribution is 7.26. The smallest absolute Gasteiger partial charge is 0.198 e. The van der Waals surface area contributed by atoms with Crippen molar-refractivity contribution in [2.75, 3.05) is 5.32 Å². The first-order valence-electron chi connectivity index (χ1n) is 28.2. The van der Waals surface area contributed by atoms with Gasteiger partial charge in [0.1, 0.15) is 11.2 Å². The number of rotatable bonds is 3. The van der Waals surface area contributed by atoms with Crippen LogP contribution in [0.25, 0.3) is 91.9 Å². The van der Waals surface area contributed by atoms with E-state index in [0.717, 1.165) is 48.0 Å². The topological polar surface area (TPSA) is 30.1 Å². The molecule has 3 aromatic heterocycles. The average molecular weight is 1010 g/mol. The van der Waals surface area contributed by atoms with Crippen LogP contribution in [0.4, 0.5) is 11.4 Å². The highest BCUT2D eigenvalue weighted by Gasteiger charge is 2.42. The van der Waals surface area contributed by atoms with Crippen LogP contribution >= 0.6 is 11.3 Å². The van der Waals surface area contributed by atoms with Crippen molar-refractivity contribution in [3.8, 4) is 27.9 Å². The number of thiophene rings is 1. The zero-order chi connectivity index (χ0) is 52.5. The third-order valence-electron chi connectivity index (χ3n) is 19.9. The van der Waals surface area contributed by atoms with E-state index in [-0.39, 0.29) is 32.5 Å². The molecular formula is C71H69BN2OS. The van der Waals surface area contributed by atoms with Gasteiger partial charge < -0.3 is 14.3 Å². The lowest BCUT2D eigenvalue weighted by molar-refractivity contribution is 0.332. The van der Waals surface area contributed by atoms with Crippen molar-refractivity contribution in [1.82, 2.24) is 4.57 Å². The molecule has 76 heavy (non-hydrogen) atoms. The van der Waals surface area contributed by atoms with Crippen molar-refractivity contribution in [2.45, 2.75) is 148 Å². The molecular weight excluding hydrogens is 940 g/mol. The Morgan fingerprint density at radius 2 is 1.14 bits per heavy atom. The minimum atomic E-state index is -0.127. The lowest BCUT2D eigenvalue weighted by Gasteiger charge is -2.42. The fourth-order valence-corrected chi connectivity index (χ4v) is 16.3. The first kappa shape index (κ1) is 46.7. The maximum Gasteiger partial charge on any atom is 0.198 e. The molecule has 0 saturated heterocycles. The molecule has 0 atom stereocenters. The number of hydrogen-bond donors (Lipinski definition) is 1. The Hall–Kier alpha value is -6.56. The second-order valence-electron chi connectivity index (χ2n) is 27.9. The number of hydrogen-bond acceptors (Lipinski definition) is 3. The number of furan rings is 1. The average Bonchev–Trinajstić information content (AvgIpc) is 4.28. The van der Waals surface area contributed by atoms with Gasteiger partial charge >= 0.3 is 0 Å². The number of aromatic nitrogens is 1. The van der Waals surface area contributed by atoms with E-state index < -0.39 is 0 Å². The van der Waals surface area contributed by atoms with E-state index >= 15 is 0 Å². The van der Waals surface area contributed by atoms with Gasteiger partial charge in [-0.2, -0.15) is 0 Å². The lowest BCUT2D eigenvalue weighted by atomic mass is 9.58. The van der Waals surface area contributed by atoms with Gasteiger partial charge in [0.15, 0.2) is 7.28 Å². The Balaban J connectivity index is 1.10. The number of fused-ring (bicyclic) bond motifs is 17. The summed E-state index contributed by atoms with van der Waals surface area (Å²) in [5, 5.41) is 11.9. The summed E-state index contributed by atoms with van der Waals surface area (Å²) >= 11 is 1.97. The lowest BCUT2D eigenvalue weighted by Crippen LogP contribution is -2.38. The molecule has 11 aromatic rings. The van der Waals surface area contributed by atoms with Crippen LogP contribution in [-0.4, -0.2) is 11.8 Å². The molecule has 0 unspecified atom stereocenters. The number of anilines is 2. The Kier molecular flexibility index (Phi) is 9.17. The van der Waals surface area contributed by atoms with Gasteiger partial charge in [-0.3, -0.25) is 0 Å². The standard InChI is InChI=1S/C71H69BN2OS/c1-66(2,3)38-22-24-39(25-23-38)73-54-32-44-43-30-49-52(70(10,11)29-27-67(49,4)5)37-58(43)75-57(44)34-45(54)62-63-64-60(61-41-19-15-17-21-59(41)76-65(61)62)46-31-50-51(69(8,9)28-26-68(50,6)7)36-55(46)74(64)56-33-42-40-18-14-16-20-47(40)71(12,13)48(42)35-53(56)72-63/h14-25,30-37,72-73H,26-29H2,1-13H3. The minimum absolute atomic E-state index is 0.0439. The predicted molar refractivity (Wildman–Crippen MR) is 329 cm³/mol. The number of benzene rings is 8. The van der Waals surface area contributed by atoms with Crippen LogP contribution in [0, 0.1) is 0 Å². The molecule has 0 spiro atoms. The fourth-order valence-electron chi connectivity index (χ4n) is 15.0. The van der Waals surface area contributed by atoms with Crippen LogP contribution in [0.2, 0.25) is 0 Å². The molecule has 1 aliphatic heterocycles. The largest absolute Gasteiger partial charge is 0.456 e. The van der Waals surface area contributed by atoms with Crippen molar-refractivity contribution in [3.63, 3.8) is 0 Å². The molecule has 0 radical (unpaired) electrons. The maximum absolute atomic E-state index is 7.24. The molecule has 0 bridgehead atoms. The van der Waals surface area contributed by atoms with E-state index in [0.29, 0.717) is 0 Å². The Morgan fingerprint density at radius 1 is 0.539 bits per heavy atom. The summed E-state index contributed by atoms with van der Waals surface area (Å²) in [6.45, 7) is 31.4. The fraction of sp³-hybridized carbons (Fsp3) is 0.324. The third-order valence-corrected chi connectivity index (χ3v) is 21.1. The molecule has 378 valence electrons. The third kappa shape index (κ3) is 6.30. The molecule has 3 aliphatic carbocycles. The highest BCUT2D eigenvalue weighted by Crippen LogP contribution is 2.56. The van der Waals surface area contributed by atoms with Crippen LogP contribution in [0.5, 0.6) is 0 Å². The Labute approximate surface area is 453 Å². The molecule has 0 saturated carbocycles. The zero-order valence-electron chi connectivity index (χ0n) is 46.8. The van der Waals surface area contributed by atoms with Gasteiger partial charge in [0.05, 0.1) is 5.52 Å². The van der Waals surface area contributed by atoms with Crippen LogP contribution in [0.3, 0.4) is 0 Å². The summed E-state index contributed by atoms with van der Waals surface area (Å²) in [5.74, 6) is 0. The molecule has 0 amide bonds. The molecule has 8 aromatic carbocycles. The van der Waals surface area contributed by atoms with Gasteiger partial charge in [0.25, 0.3) is 0 Å². The van der Waals surface area contributed by atoms with Crippen LogP contribution in [0.15, 0.2) is 126 Å². The van der Waals surface area contributed by atoms with Crippen molar-refractivity contribution < 1.29 is 4.42 Å². The van der Waals surface area contributed by atoms with Crippen LogP contribution < -0.4 is 16.2 Å². The van der Waals surface area contributed by atoms with Crippen molar-refractivity contribution in [1.29, 1.82) is 0 Å². The first-order chi connectivity index (χ1) is 36.0. The number of nitrogens with zero attached hydrogens (tertiary/aromatic N) is 1. The summed E-state index contributed by atoms with van der Waals surface area (Å²) in [6, 6.07) is 47.8. The summed E-state index contributed by atoms with van der Waals surface area (Å²) in [5.41, 5.74) is 26.3. The molecule has 4 heterocycles. The summed E-state index contributed by atoms with van der Waals surface area (Å²) in [4.78, 5) is 0. The quantitative estimate of drug-likeness (QED) is 0.179. The number of nitrogens with one attached hydrogen (secondary N) is 1. The SMILES string of the molecule is CC(C)(C)c1ccc(Nc2cc3c(cc2-c2c4c5c(c6cc7c(cc6n5-c5cc6c(cc5B4)C(C)(C)c4ccccc4-6)C(C)(C)CCC7(C)C)c4c2sc2ccccc24)oc2cc4c(cc23)C(C)(C)CCC4(C)C)cc1. The second-order valence-corrected chi connectivity index (χ2v) is 28.9. The van der Waals surface area contributed by atoms with Gasteiger partial charge in [-0.25, -0.2) is 0 Å². The van der Waals surface area contributed by atoms with E-state index in [1.807, 2.05) is 11.3 Å². The first-order valence-corrected chi connectivity index (χ1v) is 29.0. The second kappa shape index (κ2) is 14.9. The van der Waals surface area contributed by atoms with E-state index in [4.69, 9.17) is 4.42 Å². The summed E-state index contributed by atoms with van der Waals surface area (Å²) in [7, 11) is 0.812. The monoisotopic (exact) mass is 1010 g/mol. The maximum atomic E-state index is 7.24. The molecule has 3 nitrogen and oxygen atoms in total. The summed E-state index contributed by atoms with van der Waals surface area (Å²) < 4.78 is 12.7. The summed E-state index contributed by atoms with van der Waals surface area (Å²) in [6.07, 6.45) is 4.66. The molecule has 5 heteroatoms. The van der Waals surface area contributed by atoms with Crippen LogP contribution in [-0.2, 0) is 32.5 Å².